The molecule has 0 spiro atoms. The molecule has 1 aliphatic rings. The van der Waals surface area contributed by atoms with E-state index in [1.165, 1.54) is 12.8 Å². The molecule has 1 aliphatic heterocycles. The van der Waals surface area contributed by atoms with Crippen molar-refractivity contribution in [3.05, 3.63) is 29.6 Å². The van der Waals surface area contributed by atoms with Crippen LogP contribution in [0.5, 0.6) is 0 Å². The zero-order valence-electron chi connectivity index (χ0n) is 8.90. The molecule has 3 heteroatoms. The van der Waals surface area contributed by atoms with Crippen LogP contribution in [0.2, 0.25) is 0 Å². The summed E-state index contributed by atoms with van der Waals surface area (Å²) in [5.41, 5.74) is 1.83. The van der Waals surface area contributed by atoms with E-state index in [9.17, 15) is 4.79 Å². The Bertz CT molecular complexity index is 358. The lowest BCUT2D eigenvalue weighted by Gasteiger charge is -2.19. The van der Waals surface area contributed by atoms with Gasteiger partial charge < -0.3 is 0 Å². The molecule has 0 amide bonds. The molecule has 0 aliphatic carbocycles. The molecule has 1 aromatic rings. The van der Waals surface area contributed by atoms with E-state index in [0.29, 0.717) is 0 Å². The summed E-state index contributed by atoms with van der Waals surface area (Å²) in [4.78, 5) is 16.2. The van der Waals surface area contributed by atoms with E-state index in [1.54, 1.807) is 24.2 Å². The molecule has 1 fully saturated rings. The number of rotatable bonds is 2. The maximum absolute atomic E-state index is 12.1. The van der Waals surface area contributed by atoms with E-state index < -0.39 is 0 Å². The van der Waals surface area contributed by atoms with Gasteiger partial charge in [-0.3, -0.25) is 9.78 Å². The Hall–Kier alpha value is -0.830. The van der Waals surface area contributed by atoms with Crippen molar-refractivity contribution in [3.63, 3.8) is 0 Å². The second-order valence-corrected chi connectivity index (χ2v) is 5.28. The van der Waals surface area contributed by atoms with Gasteiger partial charge >= 0.3 is 0 Å². The highest BCUT2D eigenvalue weighted by Gasteiger charge is 2.22. The average molecular weight is 221 g/mol. The van der Waals surface area contributed by atoms with Gasteiger partial charge in [-0.1, -0.05) is 6.42 Å². The van der Waals surface area contributed by atoms with Gasteiger partial charge in [-0.05, 0) is 37.1 Å². The summed E-state index contributed by atoms with van der Waals surface area (Å²) in [5.74, 6) is 1.38. The molecule has 2 rings (SSSR count). The third kappa shape index (κ3) is 2.59. The highest BCUT2D eigenvalue weighted by atomic mass is 32.2. The van der Waals surface area contributed by atoms with Crippen molar-refractivity contribution in [2.24, 2.45) is 0 Å². The average Bonchev–Trinajstić information content (AvgIpc) is 2.29. The van der Waals surface area contributed by atoms with Crippen LogP contribution in [0.1, 0.15) is 35.2 Å². The molecule has 0 saturated carbocycles. The van der Waals surface area contributed by atoms with Gasteiger partial charge in [0.25, 0.3) is 0 Å². The third-order valence-corrected chi connectivity index (χ3v) is 4.01. The Labute approximate surface area is 94.5 Å². The van der Waals surface area contributed by atoms with E-state index in [0.717, 1.165) is 23.3 Å². The van der Waals surface area contributed by atoms with Crippen molar-refractivity contribution in [1.29, 1.82) is 0 Å². The number of aryl methyl sites for hydroxylation is 1. The fourth-order valence-corrected chi connectivity index (χ4v) is 3.10. The van der Waals surface area contributed by atoms with Gasteiger partial charge in [0.1, 0.15) is 0 Å². The normalized spacial score (nSPS) is 21.3. The number of hydrogen-bond donors (Lipinski definition) is 0. The lowest BCUT2D eigenvalue weighted by atomic mass is 10.0. The first-order valence-electron chi connectivity index (χ1n) is 5.35. The third-order valence-electron chi connectivity index (χ3n) is 2.63. The topological polar surface area (TPSA) is 30.0 Å². The molecule has 15 heavy (non-hydrogen) atoms. The Kier molecular flexibility index (Phi) is 3.41. The molecular weight excluding hydrogens is 206 g/mol. The number of aromatic nitrogens is 1. The van der Waals surface area contributed by atoms with Crippen LogP contribution in [-0.2, 0) is 0 Å². The predicted molar refractivity (Wildman–Crippen MR) is 63.4 cm³/mol. The maximum atomic E-state index is 12.1. The molecular formula is C12H15NOS. The summed E-state index contributed by atoms with van der Waals surface area (Å²) in [6.07, 6.45) is 6.93. The Balaban J connectivity index is 2.12. The number of pyridine rings is 1. The van der Waals surface area contributed by atoms with E-state index in [1.807, 2.05) is 13.0 Å². The molecule has 0 bridgehead atoms. The van der Waals surface area contributed by atoms with E-state index in [4.69, 9.17) is 0 Å². The Morgan fingerprint density at radius 1 is 1.47 bits per heavy atom. The van der Waals surface area contributed by atoms with Gasteiger partial charge in [0, 0.05) is 18.0 Å². The zero-order valence-corrected chi connectivity index (χ0v) is 9.72. The van der Waals surface area contributed by atoms with Gasteiger partial charge in [-0.15, -0.1) is 0 Å². The predicted octanol–water partition coefficient (Wildman–Crippen LogP) is 2.86. The van der Waals surface area contributed by atoms with E-state index in [2.05, 4.69) is 4.98 Å². The summed E-state index contributed by atoms with van der Waals surface area (Å²) in [7, 11) is 0. The molecule has 80 valence electrons. The van der Waals surface area contributed by atoms with Crippen LogP contribution in [-0.4, -0.2) is 21.8 Å². The number of hydrogen-bond acceptors (Lipinski definition) is 3. The van der Waals surface area contributed by atoms with Crippen LogP contribution in [0.15, 0.2) is 18.5 Å². The molecule has 1 aromatic heterocycles. The van der Waals surface area contributed by atoms with Crippen molar-refractivity contribution < 1.29 is 4.79 Å². The molecule has 2 nitrogen and oxygen atoms in total. The summed E-state index contributed by atoms with van der Waals surface area (Å²) in [6.45, 7) is 1.97. The van der Waals surface area contributed by atoms with Crippen LogP contribution in [0.25, 0.3) is 0 Å². The monoisotopic (exact) mass is 221 g/mol. The molecule has 0 radical (unpaired) electrons. The lowest BCUT2D eigenvalue weighted by molar-refractivity contribution is 0.0984. The highest BCUT2D eigenvalue weighted by Crippen LogP contribution is 2.27. The number of carbonyl (C=O) groups is 1. The quantitative estimate of drug-likeness (QED) is 0.719. The summed E-state index contributed by atoms with van der Waals surface area (Å²) >= 11 is 1.79. The fourth-order valence-electron chi connectivity index (χ4n) is 1.82. The molecule has 2 heterocycles. The van der Waals surface area contributed by atoms with Crippen LogP contribution in [0, 0.1) is 6.92 Å². The molecule has 1 unspecified atom stereocenters. The van der Waals surface area contributed by atoms with Crippen LogP contribution in [0.4, 0.5) is 0 Å². The molecule has 1 atom stereocenters. The number of thioether (sulfide) groups is 1. The maximum Gasteiger partial charge on any atom is 0.177 e. The largest absolute Gasteiger partial charge is 0.293 e. The number of carbonyl (C=O) groups excluding carboxylic acids is 1. The van der Waals surface area contributed by atoms with Crippen LogP contribution >= 0.6 is 11.8 Å². The first kappa shape index (κ1) is 10.7. The molecule has 0 aromatic carbocycles. The van der Waals surface area contributed by atoms with Crippen LogP contribution < -0.4 is 0 Å². The number of Topliss-reactive ketones (excluding diaryl/α,β-unsaturated/α-hetero) is 1. The van der Waals surface area contributed by atoms with Crippen molar-refractivity contribution in [2.75, 3.05) is 5.75 Å². The van der Waals surface area contributed by atoms with E-state index >= 15 is 0 Å². The van der Waals surface area contributed by atoms with Gasteiger partial charge in [-0.2, -0.15) is 11.8 Å². The highest BCUT2D eigenvalue weighted by molar-refractivity contribution is 8.00. The fraction of sp³-hybridized carbons (Fsp3) is 0.500. The molecule has 0 N–H and O–H groups in total. The van der Waals surface area contributed by atoms with Crippen molar-refractivity contribution in [1.82, 2.24) is 4.98 Å². The minimum Gasteiger partial charge on any atom is -0.293 e. The first-order chi connectivity index (χ1) is 7.27. The summed E-state index contributed by atoms with van der Waals surface area (Å²) in [5, 5.41) is 0.169. The van der Waals surface area contributed by atoms with Gasteiger partial charge in [0.05, 0.1) is 5.25 Å². The zero-order chi connectivity index (χ0) is 10.7. The SMILES string of the molecule is Cc1cncc(C(=O)C2CCCCS2)c1. The Morgan fingerprint density at radius 3 is 3.00 bits per heavy atom. The van der Waals surface area contributed by atoms with Gasteiger partial charge in [0.15, 0.2) is 5.78 Å². The smallest absolute Gasteiger partial charge is 0.177 e. The summed E-state index contributed by atoms with van der Waals surface area (Å²) < 4.78 is 0. The van der Waals surface area contributed by atoms with Crippen LogP contribution in [0.3, 0.4) is 0 Å². The van der Waals surface area contributed by atoms with E-state index in [-0.39, 0.29) is 11.0 Å². The van der Waals surface area contributed by atoms with Crippen molar-refractivity contribution in [2.45, 2.75) is 31.4 Å². The molecule has 1 saturated heterocycles. The van der Waals surface area contributed by atoms with Crippen molar-refractivity contribution >= 4 is 17.5 Å². The second-order valence-electron chi connectivity index (χ2n) is 3.97. The standard InChI is InChI=1S/C12H15NOS/c1-9-6-10(8-13-7-9)12(14)11-4-2-3-5-15-11/h6-8,11H,2-5H2,1H3. The first-order valence-corrected chi connectivity index (χ1v) is 6.40. The minimum atomic E-state index is 0.169. The van der Waals surface area contributed by atoms with Gasteiger partial charge in [-0.25, -0.2) is 0 Å². The summed E-state index contributed by atoms with van der Waals surface area (Å²) in [6, 6.07) is 1.94. The van der Waals surface area contributed by atoms with Gasteiger partial charge in [0.2, 0.25) is 0 Å². The number of ketones is 1. The lowest BCUT2D eigenvalue weighted by Crippen LogP contribution is -2.21. The Morgan fingerprint density at radius 2 is 2.33 bits per heavy atom. The second kappa shape index (κ2) is 4.79. The minimum absolute atomic E-state index is 0.169. The number of nitrogens with zero attached hydrogens (tertiary/aromatic N) is 1. The van der Waals surface area contributed by atoms with Crippen molar-refractivity contribution in [3.8, 4) is 0 Å².